The summed E-state index contributed by atoms with van der Waals surface area (Å²) >= 11 is 19.1. The van der Waals surface area contributed by atoms with E-state index in [9.17, 15) is 9.59 Å². The van der Waals surface area contributed by atoms with Crippen LogP contribution in [0.5, 0.6) is 5.75 Å². The molecule has 0 saturated carbocycles. The molecule has 0 atom stereocenters. The van der Waals surface area contributed by atoms with Gasteiger partial charge in [-0.25, -0.2) is 4.99 Å². The average molecular weight is 727 g/mol. The SMILES string of the molecule is CCN(CC)c1ccc(/N=C2\C(=O)N(c3c(Cl)cc(Cl)cc3Cl)N=C2NC(=O)COc2ccc(C(C)(C)CC)cc2C(C)(C)CC)c(C)c1. The van der Waals surface area contributed by atoms with Crippen LogP contribution in [-0.4, -0.2) is 43.1 Å². The van der Waals surface area contributed by atoms with E-state index in [2.05, 4.69) is 82.8 Å². The predicted octanol–water partition coefficient (Wildman–Crippen LogP) is 9.80. The van der Waals surface area contributed by atoms with Gasteiger partial charge in [-0.05, 0) is 92.0 Å². The van der Waals surface area contributed by atoms with Crippen LogP contribution in [0, 0.1) is 6.92 Å². The second-order valence-electron chi connectivity index (χ2n) is 13.4. The van der Waals surface area contributed by atoms with Gasteiger partial charge in [0, 0.05) is 29.4 Å². The van der Waals surface area contributed by atoms with Crippen LogP contribution in [0.2, 0.25) is 15.1 Å². The van der Waals surface area contributed by atoms with Crippen molar-refractivity contribution in [1.82, 2.24) is 5.32 Å². The van der Waals surface area contributed by atoms with E-state index in [1.54, 1.807) is 0 Å². The van der Waals surface area contributed by atoms with Gasteiger partial charge in [0.25, 0.3) is 5.91 Å². The molecule has 0 spiro atoms. The Morgan fingerprint density at radius 2 is 1.55 bits per heavy atom. The van der Waals surface area contributed by atoms with E-state index < -0.39 is 11.8 Å². The summed E-state index contributed by atoms with van der Waals surface area (Å²) in [6.07, 6.45) is 1.86. The van der Waals surface area contributed by atoms with Crippen molar-refractivity contribution in [2.75, 3.05) is 29.6 Å². The number of hydrogen-bond donors (Lipinski definition) is 1. The molecule has 0 bridgehead atoms. The predicted molar refractivity (Wildman–Crippen MR) is 205 cm³/mol. The summed E-state index contributed by atoms with van der Waals surface area (Å²) in [7, 11) is 0. The van der Waals surface area contributed by atoms with Crippen molar-refractivity contribution < 1.29 is 14.3 Å². The number of nitrogens with one attached hydrogen (secondary N) is 1. The lowest BCUT2D eigenvalue weighted by molar-refractivity contribution is -0.121. The number of aryl methyl sites for hydroxylation is 1. The summed E-state index contributed by atoms with van der Waals surface area (Å²) in [6, 6.07) is 14.9. The number of nitrogens with zero attached hydrogens (tertiary/aromatic N) is 4. The lowest BCUT2D eigenvalue weighted by Gasteiger charge is -2.30. The summed E-state index contributed by atoms with van der Waals surface area (Å²) in [5.41, 5.74) is 4.53. The van der Waals surface area contributed by atoms with Crippen molar-refractivity contribution in [2.45, 2.75) is 86.0 Å². The maximum Gasteiger partial charge on any atom is 0.301 e. The summed E-state index contributed by atoms with van der Waals surface area (Å²) in [6.45, 7) is 20.6. The maximum absolute atomic E-state index is 13.9. The third-order valence-corrected chi connectivity index (χ3v) is 10.2. The van der Waals surface area contributed by atoms with Crippen LogP contribution in [0.3, 0.4) is 0 Å². The molecule has 0 unspecified atom stereocenters. The zero-order valence-corrected chi connectivity index (χ0v) is 32.1. The number of amidine groups is 1. The summed E-state index contributed by atoms with van der Waals surface area (Å²) in [5, 5.41) is 8.77. The molecule has 1 aliphatic heterocycles. The van der Waals surface area contributed by atoms with Crippen molar-refractivity contribution >= 4 is 75.2 Å². The minimum absolute atomic E-state index is 0.0107. The monoisotopic (exact) mass is 725 g/mol. The molecule has 49 heavy (non-hydrogen) atoms. The fourth-order valence-corrected chi connectivity index (χ4v) is 6.43. The molecule has 3 aromatic rings. The van der Waals surface area contributed by atoms with Gasteiger partial charge < -0.3 is 15.0 Å². The quantitative estimate of drug-likeness (QED) is 0.201. The summed E-state index contributed by atoms with van der Waals surface area (Å²) in [4.78, 5) is 34.3. The Morgan fingerprint density at radius 3 is 2.12 bits per heavy atom. The molecule has 1 heterocycles. The number of hydrazone groups is 1. The van der Waals surface area contributed by atoms with Crippen LogP contribution in [-0.2, 0) is 20.4 Å². The average Bonchev–Trinajstić information content (AvgIpc) is 3.34. The van der Waals surface area contributed by atoms with Crippen LogP contribution in [0.4, 0.5) is 17.1 Å². The first-order valence-corrected chi connectivity index (χ1v) is 17.8. The lowest BCUT2D eigenvalue weighted by Crippen LogP contribution is -2.39. The van der Waals surface area contributed by atoms with Crippen LogP contribution in [0.15, 0.2) is 58.6 Å². The molecule has 0 aliphatic carbocycles. The molecule has 4 rings (SSSR count). The van der Waals surface area contributed by atoms with Gasteiger partial charge in [-0.3, -0.25) is 9.59 Å². The molecule has 8 nitrogen and oxygen atoms in total. The second-order valence-corrected chi connectivity index (χ2v) is 14.7. The highest BCUT2D eigenvalue weighted by atomic mass is 35.5. The molecule has 1 aliphatic rings. The highest BCUT2D eigenvalue weighted by molar-refractivity contribution is 6.72. The van der Waals surface area contributed by atoms with Gasteiger partial charge in [0.15, 0.2) is 18.2 Å². The van der Waals surface area contributed by atoms with Gasteiger partial charge in [-0.15, -0.1) is 5.10 Å². The molecule has 0 fully saturated rings. The molecular formula is C38H46Cl3N5O3. The van der Waals surface area contributed by atoms with Gasteiger partial charge in [0.05, 0.1) is 15.7 Å². The smallest absolute Gasteiger partial charge is 0.301 e. The summed E-state index contributed by atoms with van der Waals surface area (Å²) < 4.78 is 6.15. The number of aliphatic imine (C=N–C) groups is 1. The van der Waals surface area contributed by atoms with E-state index in [0.717, 1.165) is 47.8 Å². The van der Waals surface area contributed by atoms with Crippen molar-refractivity contribution in [3.05, 3.63) is 80.3 Å². The van der Waals surface area contributed by atoms with Gasteiger partial charge >= 0.3 is 5.91 Å². The number of amides is 2. The first-order chi connectivity index (χ1) is 23.1. The molecule has 2 amide bonds. The minimum atomic E-state index is -0.615. The number of hydrogen-bond acceptors (Lipinski definition) is 6. The molecule has 1 N–H and O–H groups in total. The number of ether oxygens (including phenoxy) is 1. The standard InChI is InChI=1S/C38H46Cl3N5O3/c1-10-37(6,7)24-14-17-31(27(19-24)38(8,9)11-2)49-22-32(47)43-35-33(42-30-16-15-26(18-23(30)5)45(12-3)13-4)36(48)46(44-35)34-28(40)20-25(39)21-29(34)41/h14-21H,10-13,22H2,1-9H3,(H,43,44,47)/b42-33-. The Morgan fingerprint density at radius 1 is 0.918 bits per heavy atom. The normalized spacial score (nSPS) is 14.4. The fraction of sp³-hybridized carbons (Fsp3) is 0.421. The topological polar surface area (TPSA) is 86.6 Å². The third-order valence-electron chi connectivity index (χ3n) is 9.43. The van der Waals surface area contributed by atoms with Gasteiger partial charge in [0.2, 0.25) is 0 Å². The van der Waals surface area contributed by atoms with Crippen LogP contribution >= 0.6 is 34.8 Å². The van der Waals surface area contributed by atoms with E-state index in [1.807, 2.05) is 31.2 Å². The highest BCUT2D eigenvalue weighted by Gasteiger charge is 2.37. The Balaban J connectivity index is 1.69. The van der Waals surface area contributed by atoms with E-state index >= 15 is 0 Å². The molecule has 262 valence electrons. The Labute approximate surface area is 305 Å². The van der Waals surface area contributed by atoms with Crippen LogP contribution in [0.25, 0.3) is 0 Å². The minimum Gasteiger partial charge on any atom is -0.483 e. The second kappa shape index (κ2) is 15.5. The number of carbonyl (C=O) groups excluding carboxylic acids is 2. The van der Waals surface area contributed by atoms with Crippen molar-refractivity contribution in [3.63, 3.8) is 0 Å². The molecular weight excluding hydrogens is 681 g/mol. The van der Waals surface area contributed by atoms with Crippen molar-refractivity contribution in [3.8, 4) is 5.75 Å². The lowest BCUT2D eigenvalue weighted by atomic mass is 9.76. The van der Waals surface area contributed by atoms with Gasteiger partial charge in [-0.1, -0.05) is 88.5 Å². The molecule has 0 saturated heterocycles. The fourth-order valence-electron chi connectivity index (χ4n) is 5.45. The van der Waals surface area contributed by atoms with Crippen molar-refractivity contribution in [1.29, 1.82) is 0 Å². The zero-order valence-electron chi connectivity index (χ0n) is 29.8. The maximum atomic E-state index is 13.9. The molecule has 0 radical (unpaired) electrons. The van der Waals surface area contributed by atoms with Crippen LogP contribution in [0.1, 0.15) is 84.9 Å². The summed E-state index contributed by atoms with van der Waals surface area (Å²) in [5.74, 6) is -0.555. The van der Waals surface area contributed by atoms with E-state index in [-0.39, 0.29) is 44.7 Å². The molecule has 11 heteroatoms. The zero-order chi connectivity index (χ0) is 36.3. The van der Waals surface area contributed by atoms with E-state index in [1.165, 1.54) is 17.7 Å². The number of halogens is 3. The van der Waals surface area contributed by atoms with Gasteiger partial charge in [-0.2, -0.15) is 5.01 Å². The first kappa shape index (κ1) is 38.2. The van der Waals surface area contributed by atoms with Crippen molar-refractivity contribution in [2.24, 2.45) is 10.1 Å². The van der Waals surface area contributed by atoms with Gasteiger partial charge in [0.1, 0.15) is 11.4 Å². The Bertz CT molecular complexity index is 1770. The Hall–Kier alpha value is -3.59. The number of benzene rings is 3. The number of anilines is 2. The first-order valence-electron chi connectivity index (χ1n) is 16.7. The van der Waals surface area contributed by atoms with E-state index in [0.29, 0.717) is 16.5 Å². The third kappa shape index (κ3) is 8.42. The van der Waals surface area contributed by atoms with Crippen LogP contribution < -0.4 is 20.0 Å². The largest absolute Gasteiger partial charge is 0.483 e. The Kier molecular flexibility index (Phi) is 12.1. The molecule has 3 aromatic carbocycles. The number of rotatable bonds is 12. The van der Waals surface area contributed by atoms with E-state index in [4.69, 9.17) is 44.5 Å². The molecule has 0 aromatic heterocycles. The number of carbonyl (C=O) groups is 2. The highest BCUT2D eigenvalue weighted by Crippen LogP contribution is 2.40.